The molecule has 106 valence electrons. The minimum absolute atomic E-state index is 0.200. The molecule has 0 aliphatic heterocycles. The van der Waals surface area contributed by atoms with Gasteiger partial charge in [0.05, 0.1) is 18.1 Å². The number of imidazole rings is 1. The van der Waals surface area contributed by atoms with Crippen LogP contribution in [0.2, 0.25) is 0 Å². The molecule has 1 heterocycles. The van der Waals surface area contributed by atoms with Gasteiger partial charge < -0.3 is 15.0 Å². The number of benzene rings is 1. The lowest BCUT2D eigenvalue weighted by atomic mass is 9.99. The van der Waals surface area contributed by atoms with Crippen molar-refractivity contribution in [2.45, 2.75) is 37.8 Å². The molecule has 1 saturated carbocycles. The van der Waals surface area contributed by atoms with E-state index in [2.05, 4.69) is 15.6 Å². The van der Waals surface area contributed by atoms with Crippen LogP contribution in [0.25, 0.3) is 11.0 Å². The van der Waals surface area contributed by atoms with Crippen molar-refractivity contribution in [1.29, 1.82) is 0 Å². The van der Waals surface area contributed by atoms with Gasteiger partial charge in [-0.15, -0.1) is 0 Å². The summed E-state index contributed by atoms with van der Waals surface area (Å²) in [5.74, 6) is 0.646. The van der Waals surface area contributed by atoms with Crippen molar-refractivity contribution in [3.63, 3.8) is 0 Å². The van der Waals surface area contributed by atoms with Crippen molar-refractivity contribution in [3.8, 4) is 0 Å². The summed E-state index contributed by atoms with van der Waals surface area (Å²) in [6.07, 6.45) is 2.12. The van der Waals surface area contributed by atoms with E-state index in [0.29, 0.717) is 12.8 Å². The van der Waals surface area contributed by atoms with Crippen molar-refractivity contribution in [3.05, 3.63) is 30.1 Å². The summed E-state index contributed by atoms with van der Waals surface area (Å²) < 4.78 is 7.03. The number of hydrogen-bond acceptors (Lipinski definition) is 4. The molecule has 2 atom stereocenters. The number of aromatic nitrogens is 2. The molecule has 3 rings (SSSR count). The maximum Gasteiger partial charge on any atom is 0.325 e. The van der Waals surface area contributed by atoms with Crippen LogP contribution in [0.5, 0.6) is 0 Å². The number of aryl methyl sites for hydroxylation is 1. The second kappa shape index (κ2) is 4.59. The van der Waals surface area contributed by atoms with Gasteiger partial charge in [0.1, 0.15) is 11.4 Å². The van der Waals surface area contributed by atoms with Gasteiger partial charge in [-0.1, -0.05) is 12.1 Å². The molecule has 1 fully saturated rings. The molecule has 0 radical (unpaired) electrons. The Balaban J connectivity index is 1.98. The van der Waals surface area contributed by atoms with E-state index in [1.54, 1.807) is 0 Å². The SMILES string of the molecule is COC(=O)C1(N)CCC(n2c(C)nc3ccccc32)C1. The molecule has 2 N–H and O–H groups in total. The number of rotatable bonds is 2. The lowest BCUT2D eigenvalue weighted by Gasteiger charge is -2.21. The zero-order chi connectivity index (χ0) is 14.3. The molecule has 5 nitrogen and oxygen atoms in total. The van der Waals surface area contributed by atoms with Gasteiger partial charge in [0, 0.05) is 6.04 Å². The molecular weight excluding hydrogens is 254 g/mol. The van der Waals surface area contributed by atoms with Crippen LogP contribution in [0, 0.1) is 6.92 Å². The number of methoxy groups -OCH3 is 1. The Morgan fingerprint density at radius 1 is 1.50 bits per heavy atom. The number of fused-ring (bicyclic) bond motifs is 1. The topological polar surface area (TPSA) is 70.1 Å². The fourth-order valence-corrected chi connectivity index (χ4v) is 3.28. The standard InChI is InChI=1S/C15H19N3O2/c1-10-17-12-5-3-4-6-13(12)18(10)11-7-8-15(16,9-11)14(19)20-2/h3-6,11H,7-9,16H2,1-2H3. The first kappa shape index (κ1) is 13.1. The molecular formula is C15H19N3O2. The number of para-hydroxylation sites is 2. The van der Waals surface area contributed by atoms with E-state index in [1.807, 2.05) is 25.1 Å². The highest BCUT2D eigenvalue weighted by Crippen LogP contribution is 2.39. The Kier molecular flexibility index (Phi) is 3.01. The number of carbonyl (C=O) groups excluding carboxylic acids is 1. The first-order valence-corrected chi connectivity index (χ1v) is 6.86. The van der Waals surface area contributed by atoms with Crippen LogP contribution in [-0.2, 0) is 9.53 Å². The van der Waals surface area contributed by atoms with E-state index >= 15 is 0 Å². The summed E-state index contributed by atoms with van der Waals surface area (Å²) >= 11 is 0. The molecule has 1 aromatic heterocycles. The third-order valence-electron chi connectivity index (χ3n) is 4.25. The van der Waals surface area contributed by atoms with Gasteiger partial charge in [-0.05, 0) is 38.3 Å². The predicted molar refractivity (Wildman–Crippen MR) is 76.3 cm³/mol. The van der Waals surface area contributed by atoms with E-state index in [4.69, 9.17) is 10.5 Å². The number of hydrogen-bond donors (Lipinski definition) is 1. The summed E-state index contributed by atoms with van der Waals surface area (Å²) in [5, 5.41) is 0. The van der Waals surface area contributed by atoms with Gasteiger partial charge in [-0.2, -0.15) is 0 Å². The maximum absolute atomic E-state index is 11.8. The van der Waals surface area contributed by atoms with Gasteiger partial charge in [0.25, 0.3) is 0 Å². The Labute approximate surface area is 117 Å². The smallest absolute Gasteiger partial charge is 0.325 e. The molecule has 0 spiro atoms. The zero-order valence-corrected chi connectivity index (χ0v) is 11.8. The molecule has 5 heteroatoms. The molecule has 2 unspecified atom stereocenters. The molecule has 20 heavy (non-hydrogen) atoms. The number of carbonyl (C=O) groups is 1. The number of nitrogens with zero attached hydrogens (tertiary/aromatic N) is 2. The normalized spacial score (nSPS) is 26.1. The summed E-state index contributed by atoms with van der Waals surface area (Å²) in [5.41, 5.74) is 7.42. The van der Waals surface area contributed by atoms with E-state index in [0.717, 1.165) is 23.3 Å². The van der Waals surface area contributed by atoms with Crippen LogP contribution in [0.3, 0.4) is 0 Å². The Morgan fingerprint density at radius 2 is 2.25 bits per heavy atom. The quantitative estimate of drug-likeness (QED) is 0.849. The third-order valence-corrected chi connectivity index (χ3v) is 4.25. The number of nitrogens with two attached hydrogens (primary N) is 1. The van der Waals surface area contributed by atoms with Crippen molar-refractivity contribution in [2.75, 3.05) is 7.11 Å². The van der Waals surface area contributed by atoms with Crippen LogP contribution in [0.1, 0.15) is 31.1 Å². The molecule has 1 aliphatic rings. The number of esters is 1. The van der Waals surface area contributed by atoms with Crippen LogP contribution in [-0.4, -0.2) is 28.2 Å². The van der Waals surface area contributed by atoms with Crippen molar-refractivity contribution in [2.24, 2.45) is 5.73 Å². The summed E-state index contributed by atoms with van der Waals surface area (Å²) in [7, 11) is 1.39. The third kappa shape index (κ3) is 1.89. The highest BCUT2D eigenvalue weighted by Gasteiger charge is 2.44. The van der Waals surface area contributed by atoms with Crippen molar-refractivity contribution >= 4 is 17.0 Å². The molecule has 1 aromatic carbocycles. The monoisotopic (exact) mass is 273 g/mol. The van der Waals surface area contributed by atoms with Gasteiger partial charge in [-0.25, -0.2) is 4.98 Å². The minimum atomic E-state index is -0.864. The second-order valence-electron chi connectivity index (χ2n) is 5.56. The largest absolute Gasteiger partial charge is 0.468 e. The average Bonchev–Trinajstić information content (AvgIpc) is 2.98. The first-order valence-electron chi connectivity index (χ1n) is 6.86. The highest BCUT2D eigenvalue weighted by atomic mass is 16.5. The lowest BCUT2D eigenvalue weighted by Crippen LogP contribution is -2.46. The van der Waals surface area contributed by atoms with E-state index in [-0.39, 0.29) is 12.0 Å². The van der Waals surface area contributed by atoms with Crippen molar-refractivity contribution in [1.82, 2.24) is 9.55 Å². The Morgan fingerprint density at radius 3 is 3.00 bits per heavy atom. The Bertz CT molecular complexity index is 664. The van der Waals surface area contributed by atoms with Gasteiger partial charge >= 0.3 is 5.97 Å². The molecule has 0 bridgehead atoms. The van der Waals surface area contributed by atoms with Gasteiger partial charge in [-0.3, -0.25) is 4.79 Å². The van der Waals surface area contributed by atoms with E-state index in [1.165, 1.54) is 7.11 Å². The predicted octanol–water partition coefficient (Wildman–Crippen LogP) is 1.94. The minimum Gasteiger partial charge on any atom is -0.468 e. The van der Waals surface area contributed by atoms with E-state index < -0.39 is 5.54 Å². The summed E-state index contributed by atoms with van der Waals surface area (Å²) in [4.78, 5) is 16.4. The summed E-state index contributed by atoms with van der Waals surface area (Å²) in [6.45, 7) is 1.99. The van der Waals surface area contributed by atoms with Crippen LogP contribution in [0.4, 0.5) is 0 Å². The molecule has 0 amide bonds. The van der Waals surface area contributed by atoms with Crippen LogP contribution >= 0.6 is 0 Å². The average molecular weight is 273 g/mol. The van der Waals surface area contributed by atoms with Crippen molar-refractivity contribution < 1.29 is 9.53 Å². The highest BCUT2D eigenvalue weighted by molar-refractivity contribution is 5.81. The van der Waals surface area contributed by atoms with Gasteiger partial charge in [0.2, 0.25) is 0 Å². The fourth-order valence-electron chi connectivity index (χ4n) is 3.28. The first-order chi connectivity index (χ1) is 9.55. The zero-order valence-electron chi connectivity index (χ0n) is 11.8. The summed E-state index contributed by atoms with van der Waals surface area (Å²) in [6, 6.07) is 8.25. The fraction of sp³-hybridized carbons (Fsp3) is 0.467. The molecule has 0 saturated heterocycles. The second-order valence-corrected chi connectivity index (χ2v) is 5.56. The Hall–Kier alpha value is -1.88. The maximum atomic E-state index is 11.8. The molecule has 1 aliphatic carbocycles. The lowest BCUT2D eigenvalue weighted by molar-refractivity contribution is -0.146. The van der Waals surface area contributed by atoms with E-state index in [9.17, 15) is 4.79 Å². The van der Waals surface area contributed by atoms with Crippen LogP contribution < -0.4 is 5.73 Å². The van der Waals surface area contributed by atoms with Crippen LogP contribution in [0.15, 0.2) is 24.3 Å². The number of ether oxygens (including phenoxy) is 1. The van der Waals surface area contributed by atoms with Gasteiger partial charge in [0.15, 0.2) is 0 Å². The molecule has 2 aromatic rings.